The lowest BCUT2D eigenvalue weighted by atomic mass is 10.1. The van der Waals surface area contributed by atoms with Crippen molar-refractivity contribution in [2.75, 3.05) is 6.54 Å². The van der Waals surface area contributed by atoms with E-state index in [1.54, 1.807) is 10.4 Å². The normalized spacial score (nSPS) is 17.0. The summed E-state index contributed by atoms with van der Waals surface area (Å²) < 4.78 is 27.5. The summed E-state index contributed by atoms with van der Waals surface area (Å²) in [6.45, 7) is 4.64. The first-order chi connectivity index (χ1) is 9.50. The Morgan fingerprint density at radius 3 is 2.50 bits per heavy atom. The molecule has 0 aromatic heterocycles. The maximum atomic E-state index is 12.9. The van der Waals surface area contributed by atoms with Crippen molar-refractivity contribution in [1.29, 1.82) is 0 Å². The number of rotatable bonds is 5. The van der Waals surface area contributed by atoms with E-state index in [1.807, 2.05) is 26.0 Å². The average Bonchev–Trinajstić information content (AvgIpc) is 2.93. The second-order valence-electron chi connectivity index (χ2n) is 5.45. The van der Waals surface area contributed by atoms with E-state index in [0.29, 0.717) is 18.0 Å². The van der Waals surface area contributed by atoms with E-state index in [0.717, 1.165) is 36.8 Å². The standard InChI is InChI=1S/C15H24N2O2S/c1-3-17(14-6-4-5-7-14)20(18,19)15-10-13(11-16)9-8-12(15)2/h8-10,14H,3-7,11,16H2,1-2H3. The topological polar surface area (TPSA) is 63.4 Å². The number of hydrogen-bond donors (Lipinski definition) is 1. The van der Waals surface area contributed by atoms with E-state index < -0.39 is 10.0 Å². The first-order valence-electron chi connectivity index (χ1n) is 7.32. The molecule has 1 fully saturated rings. The molecule has 1 aromatic carbocycles. The van der Waals surface area contributed by atoms with Crippen LogP contribution >= 0.6 is 0 Å². The fourth-order valence-corrected chi connectivity index (χ4v) is 4.96. The van der Waals surface area contributed by atoms with Gasteiger partial charge >= 0.3 is 0 Å². The van der Waals surface area contributed by atoms with E-state index >= 15 is 0 Å². The molecule has 1 aliphatic rings. The predicted octanol–water partition coefficient (Wildman–Crippen LogP) is 2.41. The van der Waals surface area contributed by atoms with Crippen molar-refractivity contribution in [2.45, 2.75) is 57.0 Å². The van der Waals surface area contributed by atoms with Crippen LogP contribution in [0.25, 0.3) is 0 Å². The first-order valence-corrected chi connectivity index (χ1v) is 8.76. The van der Waals surface area contributed by atoms with Crippen LogP contribution in [0.5, 0.6) is 0 Å². The molecule has 112 valence electrons. The fourth-order valence-electron chi connectivity index (χ4n) is 2.99. The van der Waals surface area contributed by atoms with Gasteiger partial charge in [0.25, 0.3) is 0 Å². The maximum absolute atomic E-state index is 12.9. The highest BCUT2D eigenvalue weighted by Gasteiger charge is 2.32. The van der Waals surface area contributed by atoms with Crippen LogP contribution in [0.4, 0.5) is 0 Å². The van der Waals surface area contributed by atoms with Crippen molar-refractivity contribution in [3.8, 4) is 0 Å². The molecule has 0 aliphatic heterocycles. The van der Waals surface area contributed by atoms with Gasteiger partial charge in [-0.25, -0.2) is 8.42 Å². The zero-order chi connectivity index (χ0) is 14.8. The summed E-state index contributed by atoms with van der Waals surface area (Å²) in [5.74, 6) is 0. The Morgan fingerprint density at radius 2 is 1.95 bits per heavy atom. The van der Waals surface area contributed by atoms with Crippen LogP contribution < -0.4 is 5.73 Å². The number of nitrogens with zero attached hydrogens (tertiary/aromatic N) is 1. The van der Waals surface area contributed by atoms with Gasteiger partial charge in [0.1, 0.15) is 0 Å². The number of hydrogen-bond acceptors (Lipinski definition) is 3. The molecule has 4 nitrogen and oxygen atoms in total. The van der Waals surface area contributed by atoms with Gasteiger partial charge in [0.2, 0.25) is 10.0 Å². The quantitative estimate of drug-likeness (QED) is 0.907. The van der Waals surface area contributed by atoms with Gasteiger partial charge in [-0.3, -0.25) is 0 Å². The van der Waals surface area contributed by atoms with E-state index in [4.69, 9.17) is 5.73 Å². The third-order valence-electron chi connectivity index (χ3n) is 4.12. The van der Waals surface area contributed by atoms with E-state index in [2.05, 4.69) is 0 Å². The van der Waals surface area contributed by atoms with Crippen molar-refractivity contribution in [1.82, 2.24) is 4.31 Å². The highest BCUT2D eigenvalue weighted by molar-refractivity contribution is 7.89. The van der Waals surface area contributed by atoms with Crippen molar-refractivity contribution in [3.05, 3.63) is 29.3 Å². The Morgan fingerprint density at radius 1 is 1.30 bits per heavy atom. The summed E-state index contributed by atoms with van der Waals surface area (Å²) in [7, 11) is -3.42. The van der Waals surface area contributed by atoms with Crippen LogP contribution in [0.1, 0.15) is 43.7 Å². The van der Waals surface area contributed by atoms with Crippen molar-refractivity contribution in [2.24, 2.45) is 5.73 Å². The lowest BCUT2D eigenvalue weighted by Crippen LogP contribution is -2.38. The summed E-state index contributed by atoms with van der Waals surface area (Å²) in [4.78, 5) is 0.411. The summed E-state index contributed by atoms with van der Waals surface area (Å²) in [5, 5.41) is 0. The fraction of sp³-hybridized carbons (Fsp3) is 0.600. The van der Waals surface area contributed by atoms with Gasteiger partial charge in [-0.2, -0.15) is 4.31 Å². The minimum absolute atomic E-state index is 0.158. The molecule has 2 rings (SSSR count). The van der Waals surface area contributed by atoms with E-state index in [1.165, 1.54) is 0 Å². The highest BCUT2D eigenvalue weighted by atomic mass is 32.2. The van der Waals surface area contributed by atoms with Crippen LogP contribution in [0, 0.1) is 6.92 Å². The Bertz CT molecular complexity index is 563. The molecule has 0 saturated heterocycles. The van der Waals surface area contributed by atoms with Crippen LogP contribution in [0.3, 0.4) is 0 Å². The zero-order valence-corrected chi connectivity index (χ0v) is 13.1. The van der Waals surface area contributed by atoms with Gasteiger partial charge in [-0.15, -0.1) is 0 Å². The largest absolute Gasteiger partial charge is 0.326 e. The Kier molecular flexibility index (Phi) is 4.83. The monoisotopic (exact) mass is 296 g/mol. The van der Waals surface area contributed by atoms with Crippen LogP contribution in [-0.2, 0) is 16.6 Å². The molecule has 1 saturated carbocycles. The predicted molar refractivity (Wildman–Crippen MR) is 80.9 cm³/mol. The van der Waals surface area contributed by atoms with Gasteiger partial charge in [-0.1, -0.05) is 31.9 Å². The summed E-state index contributed by atoms with van der Waals surface area (Å²) in [6, 6.07) is 5.62. The SMILES string of the molecule is CCN(C1CCCC1)S(=O)(=O)c1cc(CN)ccc1C. The van der Waals surface area contributed by atoms with Crippen molar-refractivity contribution in [3.63, 3.8) is 0 Å². The molecule has 0 atom stereocenters. The van der Waals surface area contributed by atoms with Crippen LogP contribution in [-0.4, -0.2) is 25.3 Å². The number of benzene rings is 1. The van der Waals surface area contributed by atoms with Crippen LogP contribution in [0.2, 0.25) is 0 Å². The highest BCUT2D eigenvalue weighted by Crippen LogP contribution is 2.29. The minimum Gasteiger partial charge on any atom is -0.326 e. The van der Waals surface area contributed by atoms with E-state index in [9.17, 15) is 8.42 Å². The molecule has 1 aliphatic carbocycles. The maximum Gasteiger partial charge on any atom is 0.243 e. The third-order valence-corrected chi connectivity index (χ3v) is 6.29. The molecule has 0 spiro atoms. The molecule has 0 radical (unpaired) electrons. The Hall–Kier alpha value is -0.910. The Labute approximate surface area is 122 Å². The molecule has 1 aromatic rings. The first kappa shape index (κ1) is 15.5. The van der Waals surface area contributed by atoms with Gasteiger partial charge in [-0.05, 0) is 37.0 Å². The Balaban J connectivity index is 2.42. The third kappa shape index (κ3) is 2.90. The molecule has 20 heavy (non-hydrogen) atoms. The molecule has 0 bridgehead atoms. The molecule has 2 N–H and O–H groups in total. The molecular formula is C15H24N2O2S. The molecular weight excluding hydrogens is 272 g/mol. The van der Waals surface area contributed by atoms with Gasteiger partial charge in [0.05, 0.1) is 4.90 Å². The number of aryl methyl sites for hydroxylation is 1. The van der Waals surface area contributed by atoms with Crippen LogP contribution in [0.15, 0.2) is 23.1 Å². The number of nitrogens with two attached hydrogens (primary N) is 1. The second kappa shape index (κ2) is 6.24. The van der Waals surface area contributed by atoms with Gasteiger partial charge in [0, 0.05) is 19.1 Å². The van der Waals surface area contributed by atoms with Crippen molar-refractivity contribution < 1.29 is 8.42 Å². The lowest BCUT2D eigenvalue weighted by molar-refractivity contribution is 0.335. The molecule has 5 heteroatoms. The lowest BCUT2D eigenvalue weighted by Gasteiger charge is -2.27. The minimum atomic E-state index is -3.42. The van der Waals surface area contributed by atoms with Gasteiger partial charge < -0.3 is 5.73 Å². The number of sulfonamides is 1. The van der Waals surface area contributed by atoms with Crippen molar-refractivity contribution >= 4 is 10.0 Å². The van der Waals surface area contributed by atoms with Gasteiger partial charge in [0.15, 0.2) is 0 Å². The second-order valence-corrected chi connectivity index (χ2v) is 7.31. The molecule has 0 unspecified atom stereocenters. The summed E-state index contributed by atoms with van der Waals surface area (Å²) in [6.07, 6.45) is 4.20. The molecule has 0 amide bonds. The zero-order valence-electron chi connectivity index (χ0n) is 12.3. The summed E-state index contributed by atoms with van der Waals surface area (Å²) >= 11 is 0. The summed E-state index contributed by atoms with van der Waals surface area (Å²) in [5.41, 5.74) is 7.28. The molecule has 0 heterocycles. The smallest absolute Gasteiger partial charge is 0.243 e. The average molecular weight is 296 g/mol. The van der Waals surface area contributed by atoms with E-state index in [-0.39, 0.29) is 6.04 Å².